The number of anilines is 1. The van der Waals surface area contributed by atoms with E-state index >= 15 is 0 Å². The average Bonchev–Trinajstić information content (AvgIpc) is 2.06. The molecule has 1 N–H and O–H groups in total. The molecule has 1 rings (SSSR count). The molecule has 1 heterocycles. The molecule has 1 aromatic rings. The summed E-state index contributed by atoms with van der Waals surface area (Å²) in [5, 5.41) is 9.55. The van der Waals surface area contributed by atoms with Crippen LogP contribution in [0.4, 0.5) is 5.82 Å². The molecule has 0 saturated heterocycles. The molecule has 0 aliphatic rings. The molecule has 58 valence electrons. The maximum absolute atomic E-state index is 10.8. The second kappa shape index (κ2) is 3.60. The van der Waals surface area contributed by atoms with E-state index in [0.717, 1.165) is 0 Å². The second-order valence-corrected chi connectivity index (χ2v) is 1.89. The first-order chi connectivity index (χ1) is 5.33. The van der Waals surface area contributed by atoms with Crippen molar-refractivity contribution in [2.45, 2.75) is 13.3 Å². The van der Waals surface area contributed by atoms with Gasteiger partial charge in [-0.25, -0.2) is 4.98 Å². The van der Waals surface area contributed by atoms with Crippen molar-refractivity contribution in [3.63, 3.8) is 0 Å². The molecular weight excluding hydrogens is 144 g/mol. The van der Waals surface area contributed by atoms with Crippen LogP contribution in [0.25, 0.3) is 0 Å². The molecule has 0 aliphatic carbocycles. The molecule has 5 nitrogen and oxygen atoms in total. The van der Waals surface area contributed by atoms with E-state index in [4.69, 9.17) is 0 Å². The quantitative estimate of drug-likeness (QED) is 0.658. The summed E-state index contributed by atoms with van der Waals surface area (Å²) in [5.41, 5.74) is 0. The fourth-order valence-electron chi connectivity index (χ4n) is 0.535. The Balaban J connectivity index is 2.58. The molecule has 0 unspecified atom stereocenters. The van der Waals surface area contributed by atoms with E-state index in [2.05, 4.69) is 20.5 Å². The minimum atomic E-state index is -0.0782. The average molecular weight is 152 g/mol. The molecule has 1 amide bonds. The van der Waals surface area contributed by atoms with Gasteiger partial charge in [0.25, 0.3) is 0 Å². The van der Waals surface area contributed by atoms with E-state index < -0.39 is 0 Å². The van der Waals surface area contributed by atoms with E-state index in [1.54, 1.807) is 6.92 Å². The Morgan fingerprint density at radius 1 is 1.64 bits per heavy atom. The highest BCUT2D eigenvalue weighted by Crippen LogP contribution is 1.95. The number of hydrogen-bond acceptors (Lipinski definition) is 4. The molecule has 0 aromatic carbocycles. The number of nitrogens with one attached hydrogen (secondary N) is 1. The van der Waals surface area contributed by atoms with Gasteiger partial charge in [0.05, 0.1) is 6.20 Å². The van der Waals surface area contributed by atoms with Crippen LogP contribution < -0.4 is 5.32 Å². The first kappa shape index (κ1) is 7.59. The van der Waals surface area contributed by atoms with Crippen molar-refractivity contribution in [2.24, 2.45) is 0 Å². The predicted molar refractivity (Wildman–Crippen MR) is 38.7 cm³/mol. The van der Waals surface area contributed by atoms with Crippen LogP contribution in [0.2, 0.25) is 0 Å². The van der Waals surface area contributed by atoms with Crippen LogP contribution in [0.5, 0.6) is 0 Å². The molecule has 1 aromatic heterocycles. The monoisotopic (exact) mass is 152 g/mol. The molecule has 11 heavy (non-hydrogen) atoms. The normalized spacial score (nSPS) is 9.18. The number of rotatable bonds is 2. The van der Waals surface area contributed by atoms with Gasteiger partial charge >= 0.3 is 0 Å². The zero-order valence-electron chi connectivity index (χ0n) is 6.11. The highest BCUT2D eigenvalue weighted by molar-refractivity contribution is 5.89. The van der Waals surface area contributed by atoms with Gasteiger partial charge in [0.2, 0.25) is 5.91 Å². The topological polar surface area (TPSA) is 67.8 Å². The van der Waals surface area contributed by atoms with Crippen LogP contribution in [0, 0.1) is 0 Å². The van der Waals surface area contributed by atoms with E-state index in [1.807, 2.05) is 0 Å². The van der Waals surface area contributed by atoms with Gasteiger partial charge in [-0.3, -0.25) is 4.79 Å². The Bertz CT molecular complexity index is 236. The van der Waals surface area contributed by atoms with Crippen LogP contribution in [0.1, 0.15) is 13.3 Å². The third-order valence-corrected chi connectivity index (χ3v) is 1.08. The molecular formula is C6H8N4O. The zero-order chi connectivity index (χ0) is 8.10. The van der Waals surface area contributed by atoms with Gasteiger partial charge in [0, 0.05) is 6.42 Å². The van der Waals surface area contributed by atoms with Crippen LogP contribution in [0.15, 0.2) is 12.5 Å². The van der Waals surface area contributed by atoms with Gasteiger partial charge in [-0.15, -0.1) is 5.10 Å². The first-order valence-corrected chi connectivity index (χ1v) is 3.25. The number of aromatic nitrogens is 3. The number of carbonyl (C=O) groups is 1. The maximum Gasteiger partial charge on any atom is 0.225 e. The smallest absolute Gasteiger partial charge is 0.225 e. The van der Waals surface area contributed by atoms with Crippen molar-refractivity contribution in [3.05, 3.63) is 12.5 Å². The lowest BCUT2D eigenvalue weighted by atomic mass is 10.4. The number of amides is 1. The lowest BCUT2D eigenvalue weighted by molar-refractivity contribution is -0.115. The SMILES string of the molecule is CCC(=O)Nc1cnncn1. The summed E-state index contributed by atoms with van der Waals surface area (Å²) in [6, 6.07) is 0. The van der Waals surface area contributed by atoms with Crippen molar-refractivity contribution in [1.29, 1.82) is 0 Å². The molecule has 0 aliphatic heterocycles. The van der Waals surface area contributed by atoms with E-state index in [-0.39, 0.29) is 5.91 Å². The Morgan fingerprint density at radius 2 is 2.45 bits per heavy atom. The largest absolute Gasteiger partial charge is 0.309 e. The van der Waals surface area contributed by atoms with Gasteiger partial charge < -0.3 is 5.32 Å². The summed E-state index contributed by atoms with van der Waals surface area (Å²) in [6.07, 6.45) is 3.11. The third kappa shape index (κ3) is 2.29. The summed E-state index contributed by atoms with van der Waals surface area (Å²) in [6.45, 7) is 1.77. The molecule has 0 saturated carbocycles. The summed E-state index contributed by atoms with van der Waals surface area (Å²) in [7, 11) is 0. The molecule has 5 heteroatoms. The molecule has 0 atom stereocenters. The Kier molecular flexibility index (Phi) is 2.48. The Hall–Kier alpha value is -1.52. The Morgan fingerprint density at radius 3 is 3.00 bits per heavy atom. The zero-order valence-corrected chi connectivity index (χ0v) is 6.11. The van der Waals surface area contributed by atoms with Crippen LogP contribution in [-0.4, -0.2) is 21.1 Å². The van der Waals surface area contributed by atoms with Gasteiger partial charge in [-0.05, 0) is 0 Å². The lowest BCUT2D eigenvalue weighted by Crippen LogP contribution is -2.10. The number of hydrogen-bond donors (Lipinski definition) is 1. The van der Waals surface area contributed by atoms with Crippen molar-refractivity contribution < 1.29 is 4.79 Å². The maximum atomic E-state index is 10.8. The minimum Gasteiger partial charge on any atom is -0.309 e. The molecule has 0 bridgehead atoms. The fourth-order valence-corrected chi connectivity index (χ4v) is 0.535. The van der Waals surface area contributed by atoms with Crippen LogP contribution >= 0.6 is 0 Å². The van der Waals surface area contributed by atoms with Crippen molar-refractivity contribution >= 4 is 11.7 Å². The minimum absolute atomic E-state index is 0.0782. The van der Waals surface area contributed by atoms with Gasteiger partial charge in [0.15, 0.2) is 5.82 Å². The molecule has 0 fully saturated rings. The van der Waals surface area contributed by atoms with E-state index in [0.29, 0.717) is 12.2 Å². The van der Waals surface area contributed by atoms with Crippen LogP contribution in [0.3, 0.4) is 0 Å². The van der Waals surface area contributed by atoms with Gasteiger partial charge in [-0.2, -0.15) is 5.10 Å². The van der Waals surface area contributed by atoms with Crippen molar-refractivity contribution in [2.75, 3.05) is 5.32 Å². The van der Waals surface area contributed by atoms with Crippen molar-refractivity contribution in [3.8, 4) is 0 Å². The van der Waals surface area contributed by atoms with Gasteiger partial charge in [-0.1, -0.05) is 6.92 Å². The number of carbonyl (C=O) groups excluding carboxylic acids is 1. The summed E-state index contributed by atoms with van der Waals surface area (Å²) in [5.74, 6) is 0.359. The highest BCUT2D eigenvalue weighted by Gasteiger charge is 1.97. The molecule has 0 spiro atoms. The third-order valence-electron chi connectivity index (χ3n) is 1.08. The number of nitrogens with zero attached hydrogens (tertiary/aromatic N) is 3. The highest BCUT2D eigenvalue weighted by atomic mass is 16.1. The van der Waals surface area contributed by atoms with Crippen LogP contribution in [-0.2, 0) is 4.79 Å². The van der Waals surface area contributed by atoms with E-state index in [9.17, 15) is 4.79 Å². The second-order valence-electron chi connectivity index (χ2n) is 1.89. The first-order valence-electron chi connectivity index (χ1n) is 3.25. The standard InChI is InChI=1S/C6H8N4O/c1-2-6(11)10-5-3-8-9-4-7-5/h3-4H,2H2,1H3,(H,7,9,10,11). The lowest BCUT2D eigenvalue weighted by Gasteiger charge is -1.98. The predicted octanol–water partition coefficient (Wildman–Crippen LogP) is 0.220. The summed E-state index contributed by atoms with van der Waals surface area (Å²) < 4.78 is 0. The van der Waals surface area contributed by atoms with Gasteiger partial charge in [0.1, 0.15) is 6.33 Å². The molecule has 0 radical (unpaired) electrons. The fraction of sp³-hybridized carbons (Fsp3) is 0.333. The summed E-state index contributed by atoms with van der Waals surface area (Å²) >= 11 is 0. The van der Waals surface area contributed by atoms with Crippen molar-refractivity contribution in [1.82, 2.24) is 15.2 Å². The van der Waals surface area contributed by atoms with E-state index in [1.165, 1.54) is 12.5 Å². The summed E-state index contributed by atoms with van der Waals surface area (Å²) in [4.78, 5) is 14.5. The Labute approximate surface area is 63.9 Å².